The van der Waals surface area contributed by atoms with Crippen LogP contribution in [0.1, 0.15) is 67.2 Å². The van der Waals surface area contributed by atoms with Crippen molar-refractivity contribution in [2.24, 2.45) is 0 Å². The summed E-state index contributed by atoms with van der Waals surface area (Å²) in [5.74, 6) is 0. The van der Waals surface area contributed by atoms with Crippen LogP contribution in [0.5, 0.6) is 0 Å². The normalized spacial score (nSPS) is 35.7. The lowest BCUT2D eigenvalue weighted by atomic mass is 9.98. The molecule has 0 N–H and O–H groups in total. The Labute approximate surface area is 119 Å². The minimum atomic E-state index is -2.98. The van der Waals surface area contributed by atoms with Crippen LogP contribution in [0, 0.1) is 0 Å². The van der Waals surface area contributed by atoms with E-state index in [1.807, 2.05) is 13.8 Å². The van der Waals surface area contributed by atoms with Gasteiger partial charge in [-0.15, -0.1) is 0 Å². The van der Waals surface area contributed by atoms with Gasteiger partial charge in [0, 0.05) is 18.1 Å². The highest BCUT2D eigenvalue weighted by atomic mass is 32.2. The second-order valence-corrected chi connectivity index (χ2v) is 8.82. The third-order valence-electron chi connectivity index (χ3n) is 5.00. The molecule has 0 amide bonds. The summed E-state index contributed by atoms with van der Waals surface area (Å²) in [5, 5.41) is -0.509. The first-order chi connectivity index (χ1) is 8.78. The van der Waals surface area contributed by atoms with E-state index < -0.39 is 9.84 Å². The van der Waals surface area contributed by atoms with Crippen molar-refractivity contribution in [1.82, 2.24) is 4.90 Å². The summed E-state index contributed by atoms with van der Waals surface area (Å²) in [7, 11) is -2.98. The molecule has 4 unspecified atom stereocenters. The smallest absolute Gasteiger partial charge is 0.158 e. The van der Waals surface area contributed by atoms with Crippen molar-refractivity contribution in [2.75, 3.05) is 0 Å². The van der Waals surface area contributed by atoms with Crippen LogP contribution in [0.25, 0.3) is 0 Å². The number of sulfone groups is 1. The van der Waals surface area contributed by atoms with Crippen LogP contribution in [0.15, 0.2) is 0 Å². The molecule has 0 spiro atoms. The Hall–Kier alpha value is -0.0900. The van der Waals surface area contributed by atoms with E-state index >= 15 is 0 Å². The number of rotatable bonds is 5. The predicted molar refractivity (Wildman–Crippen MR) is 82.2 cm³/mol. The molecule has 3 nitrogen and oxygen atoms in total. The maximum absolute atomic E-state index is 12.4. The molecule has 4 atom stereocenters. The largest absolute Gasteiger partial charge is 0.292 e. The van der Waals surface area contributed by atoms with Crippen LogP contribution in [-0.2, 0) is 9.84 Å². The maximum Gasteiger partial charge on any atom is 0.158 e. The van der Waals surface area contributed by atoms with E-state index in [0.29, 0.717) is 6.04 Å². The molecule has 114 valence electrons. The molecule has 0 aromatic rings. The molecule has 1 fully saturated rings. The van der Waals surface area contributed by atoms with E-state index in [0.717, 1.165) is 12.8 Å². The topological polar surface area (TPSA) is 37.4 Å². The second-order valence-electron chi connectivity index (χ2n) is 6.16. The zero-order valence-electron chi connectivity index (χ0n) is 13.4. The van der Waals surface area contributed by atoms with Crippen molar-refractivity contribution in [3.05, 3.63) is 0 Å². The molecule has 1 rings (SSSR count). The van der Waals surface area contributed by atoms with Crippen LogP contribution >= 0.6 is 0 Å². The fourth-order valence-electron chi connectivity index (χ4n) is 3.52. The monoisotopic (exact) mass is 289 g/mol. The number of hydrogen-bond acceptors (Lipinski definition) is 3. The van der Waals surface area contributed by atoms with E-state index in [-0.39, 0.29) is 22.6 Å². The lowest BCUT2D eigenvalue weighted by Crippen LogP contribution is -2.63. The summed E-state index contributed by atoms with van der Waals surface area (Å²) in [6.07, 6.45) is 4.66. The van der Waals surface area contributed by atoms with Gasteiger partial charge in [0.15, 0.2) is 9.84 Å². The van der Waals surface area contributed by atoms with Crippen LogP contribution in [0.4, 0.5) is 0 Å². The minimum Gasteiger partial charge on any atom is -0.292 e. The second kappa shape index (κ2) is 6.57. The average molecular weight is 289 g/mol. The van der Waals surface area contributed by atoms with Gasteiger partial charge in [0.1, 0.15) is 0 Å². The third-order valence-corrected chi connectivity index (χ3v) is 7.86. The molecule has 0 aromatic heterocycles. The molecule has 0 aliphatic carbocycles. The van der Waals surface area contributed by atoms with Crippen molar-refractivity contribution in [2.45, 2.75) is 95.9 Å². The fourth-order valence-corrected chi connectivity index (χ4v) is 5.57. The van der Waals surface area contributed by atoms with Crippen LogP contribution < -0.4 is 0 Å². The van der Waals surface area contributed by atoms with Gasteiger partial charge in [-0.05, 0) is 40.5 Å². The Morgan fingerprint density at radius 2 is 1.26 bits per heavy atom. The molecule has 1 heterocycles. The quantitative estimate of drug-likeness (QED) is 0.779. The van der Waals surface area contributed by atoms with Crippen LogP contribution in [0.2, 0.25) is 0 Å². The molecular formula is C15H31NO2S. The first kappa shape index (κ1) is 17.0. The zero-order chi connectivity index (χ0) is 14.8. The predicted octanol–water partition coefficient (Wildman–Crippen LogP) is 3.24. The molecule has 4 heteroatoms. The Balaban J connectivity index is 3.05. The number of hydrogen-bond donors (Lipinski definition) is 0. The van der Waals surface area contributed by atoms with E-state index in [1.165, 1.54) is 12.8 Å². The molecule has 0 bridgehead atoms. The van der Waals surface area contributed by atoms with E-state index in [1.54, 1.807) is 0 Å². The van der Waals surface area contributed by atoms with E-state index in [4.69, 9.17) is 0 Å². The van der Waals surface area contributed by atoms with Gasteiger partial charge in [0.05, 0.1) is 10.5 Å². The highest BCUT2D eigenvalue weighted by Crippen LogP contribution is 2.33. The van der Waals surface area contributed by atoms with Gasteiger partial charge in [-0.25, -0.2) is 8.42 Å². The Kier molecular flexibility index (Phi) is 5.87. The highest BCUT2D eigenvalue weighted by Gasteiger charge is 2.46. The lowest BCUT2D eigenvalue weighted by Gasteiger charge is -2.49. The van der Waals surface area contributed by atoms with E-state index in [2.05, 4.69) is 32.6 Å². The Morgan fingerprint density at radius 1 is 0.895 bits per heavy atom. The molecule has 0 aromatic carbocycles. The first-order valence-corrected chi connectivity index (χ1v) is 9.40. The summed E-state index contributed by atoms with van der Waals surface area (Å²) in [5.41, 5.74) is 0. The third kappa shape index (κ3) is 3.15. The Morgan fingerprint density at radius 3 is 1.58 bits per heavy atom. The van der Waals surface area contributed by atoms with Crippen molar-refractivity contribution >= 4 is 9.84 Å². The maximum atomic E-state index is 12.4. The highest BCUT2D eigenvalue weighted by molar-refractivity contribution is 7.92. The SMILES string of the molecule is CCCC(CCC)N1C(C)C(C)S(=O)(=O)C(C)C1C. The minimum absolute atomic E-state index is 0.124. The van der Waals surface area contributed by atoms with E-state index in [9.17, 15) is 8.42 Å². The summed E-state index contributed by atoms with van der Waals surface area (Å²) in [4.78, 5) is 2.49. The summed E-state index contributed by atoms with van der Waals surface area (Å²) in [6, 6.07) is 0.777. The molecule has 1 aliphatic heterocycles. The molecule has 0 saturated carbocycles. The molecule has 1 aliphatic rings. The summed E-state index contributed by atoms with van der Waals surface area (Å²) < 4.78 is 24.8. The van der Waals surface area contributed by atoms with Crippen LogP contribution in [-0.4, -0.2) is 41.9 Å². The standard InChI is InChI=1S/C15H31NO2S/c1-7-9-15(10-8-2)16-11(3)13(5)19(17,18)14(6)12(16)4/h11-15H,7-10H2,1-6H3. The lowest BCUT2D eigenvalue weighted by molar-refractivity contribution is 0.0702. The van der Waals surface area contributed by atoms with Gasteiger partial charge in [-0.3, -0.25) is 4.90 Å². The molecule has 1 saturated heterocycles. The van der Waals surface area contributed by atoms with Gasteiger partial charge in [0.25, 0.3) is 0 Å². The fraction of sp³-hybridized carbons (Fsp3) is 1.00. The van der Waals surface area contributed by atoms with Gasteiger partial charge in [-0.2, -0.15) is 0 Å². The average Bonchev–Trinajstić information content (AvgIpc) is 2.35. The molecule has 0 radical (unpaired) electrons. The summed E-state index contributed by atoms with van der Waals surface area (Å²) in [6.45, 7) is 12.4. The van der Waals surface area contributed by atoms with Gasteiger partial charge in [0.2, 0.25) is 0 Å². The van der Waals surface area contributed by atoms with Crippen molar-refractivity contribution in [1.29, 1.82) is 0 Å². The number of nitrogens with zero attached hydrogens (tertiary/aromatic N) is 1. The first-order valence-electron chi connectivity index (χ1n) is 7.79. The molecular weight excluding hydrogens is 258 g/mol. The molecule has 19 heavy (non-hydrogen) atoms. The van der Waals surface area contributed by atoms with Gasteiger partial charge >= 0.3 is 0 Å². The van der Waals surface area contributed by atoms with Crippen LogP contribution in [0.3, 0.4) is 0 Å². The zero-order valence-corrected chi connectivity index (χ0v) is 14.2. The van der Waals surface area contributed by atoms with Gasteiger partial charge < -0.3 is 0 Å². The Bertz CT molecular complexity index is 352. The van der Waals surface area contributed by atoms with Crippen molar-refractivity contribution in [3.8, 4) is 0 Å². The van der Waals surface area contributed by atoms with Crippen molar-refractivity contribution in [3.63, 3.8) is 0 Å². The summed E-state index contributed by atoms with van der Waals surface area (Å²) >= 11 is 0. The van der Waals surface area contributed by atoms with Gasteiger partial charge in [-0.1, -0.05) is 26.7 Å². The van der Waals surface area contributed by atoms with Crippen molar-refractivity contribution < 1.29 is 8.42 Å².